The lowest BCUT2D eigenvalue weighted by molar-refractivity contribution is -0.113. The number of ether oxygens (including phenoxy) is 3. The van der Waals surface area contributed by atoms with Gasteiger partial charge in [-0.25, -0.2) is 0 Å². The molecule has 0 saturated carbocycles. The summed E-state index contributed by atoms with van der Waals surface area (Å²) >= 11 is 0. The first-order valence-electron chi connectivity index (χ1n) is 9.80. The van der Waals surface area contributed by atoms with Gasteiger partial charge in [-0.1, -0.05) is 36.4 Å². The van der Waals surface area contributed by atoms with Crippen LogP contribution in [-0.4, -0.2) is 33.1 Å². The van der Waals surface area contributed by atoms with Gasteiger partial charge in [0.1, 0.15) is 22.9 Å². The van der Waals surface area contributed by atoms with Crippen molar-refractivity contribution in [2.75, 3.05) is 26.6 Å². The van der Waals surface area contributed by atoms with Gasteiger partial charge in [0.05, 0.1) is 32.6 Å². The van der Waals surface area contributed by atoms with E-state index in [-0.39, 0.29) is 5.70 Å². The molecule has 0 saturated heterocycles. The van der Waals surface area contributed by atoms with Gasteiger partial charge < -0.3 is 24.8 Å². The van der Waals surface area contributed by atoms with E-state index in [1.54, 1.807) is 86.0 Å². The summed E-state index contributed by atoms with van der Waals surface area (Å²) in [5.41, 5.74) is 1.54. The van der Waals surface area contributed by atoms with Crippen molar-refractivity contribution in [2.24, 2.45) is 0 Å². The van der Waals surface area contributed by atoms with E-state index in [9.17, 15) is 9.59 Å². The molecule has 3 aromatic carbocycles. The van der Waals surface area contributed by atoms with Crippen LogP contribution < -0.4 is 24.8 Å². The van der Waals surface area contributed by atoms with Crippen molar-refractivity contribution in [3.05, 3.63) is 89.6 Å². The molecule has 7 nitrogen and oxygen atoms in total. The second kappa shape index (κ2) is 10.7. The maximum Gasteiger partial charge on any atom is 0.272 e. The fourth-order valence-corrected chi connectivity index (χ4v) is 2.98. The Labute approximate surface area is 186 Å². The van der Waals surface area contributed by atoms with Gasteiger partial charge in [0.25, 0.3) is 11.8 Å². The summed E-state index contributed by atoms with van der Waals surface area (Å²) in [6.45, 7) is 0. The highest BCUT2D eigenvalue weighted by molar-refractivity contribution is 6.11. The first-order valence-corrected chi connectivity index (χ1v) is 9.80. The molecule has 0 aliphatic heterocycles. The molecule has 0 aliphatic rings. The van der Waals surface area contributed by atoms with Crippen molar-refractivity contribution < 1.29 is 23.8 Å². The summed E-state index contributed by atoms with van der Waals surface area (Å²) < 4.78 is 15.7. The molecular formula is C25H24N2O5. The number of benzene rings is 3. The number of rotatable bonds is 8. The lowest BCUT2D eigenvalue weighted by atomic mass is 10.1. The number of hydrogen-bond acceptors (Lipinski definition) is 5. The van der Waals surface area contributed by atoms with Crippen LogP contribution in [0.5, 0.6) is 17.2 Å². The highest BCUT2D eigenvalue weighted by atomic mass is 16.5. The Balaban J connectivity index is 1.93. The predicted octanol–water partition coefficient (Wildman–Crippen LogP) is 4.12. The van der Waals surface area contributed by atoms with E-state index in [4.69, 9.17) is 14.2 Å². The Bertz CT molecular complexity index is 1120. The summed E-state index contributed by atoms with van der Waals surface area (Å²) in [6, 6.07) is 20.9. The molecule has 2 amide bonds. The Morgan fingerprint density at radius 3 is 2.03 bits per heavy atom. The van der Waals surface area contributed by atoms with Crippen LogP contribution in [0.4, 0.5) is 5.69 Å². The quantitative estimate of drug-likeness (QED) is 0.523. The van der Waals surface area contributed by atoms with Gasteiger partial charge in [-0.05, 0) is 48.0 Å². The minimum atomic E-state index is -0.506. The van der Waals surface area contributed by atoms with Gasteiger partial charge >= 0.3 is 0 Å². The highest BCUT2D eigenvalue weighted by Gasteiger charge is 2.18. The van der Waals surface area contributed by atoms with Crippen LogP contribution in [0.3, 0.4) is 0 Å². The van der Waals surface area contributed by atoms with E-state index < -0.39 is 11.8 Å². The normalized spacial score (nSPS) is 10.8. The van der Waals surface area contributed by atoms with Gasteiger partial charge in [0.2, 0.25) is 0 Å². The molecule has 0 aromatic heterocycles. The number of carbonyl (C=O) groups excluding carboxylic acids is 2. The first-order chi connectivity index (χ1) is 15.5. The number of para-hydroxylation sites is 3. The molecule has 0 bridgehead atoms. The van der Waals surface area contributed by atoms with Gasteiger partial charge in [-0.15, -0.1) is 0 Å². The molecule has 0 heterocycles. The smallest absolute Gasteiger partial charge is 0.272 e. The molecule has 32 heavy (non-hydrogen) atoms. The van der Waals surface area contributed by atoms with E-state index in [1.807, 2.05) is 0 Å². The van der Waals surface area contributed by atoms with Crippen LogP contribution in [0.2, 0.25) is 0 Å². The predicted molar refractivity (Wildman–Crippen MR) is 123 cm³/mol. The largest absolute Gasteiger partial charge is 0.497 e. The first kappa shape index (κ1) is 22.4. The monoisotopic (exact) mass is 432 g/mol. The van der Waals surface area contributed by atoms with E-state index in [0.717, 1.165) is 0 Å². The molecule has 2 N–H and O–H groups in total. The van der Waals surface area contributed by atoms with E-state index in [0.29, 0.717) is 34.1 Å². The van der Waals surface area contributed by atoms with E-state index in [2.05, 4.69) is 10.6 Å². The molecule has 0 spiro atoms. The average molecular weight is 432 g/mol. The average Bonchev–Trinajstić information content (AvgIpc) is 2.84. The summed E-state index contributed by atoms with van der Waals surface area (Å²) in [4.78, 5) is 26.1. The van der Waals surface area contributed by atoms with Gasteiger partial charge in [0.15, 0.2) is 0 Å². The molecule has 0 radical (unpaired) electrons. The van der Waals surface area contributed by atoms with Crippen molar-refractivity contribution in [3.63, 3.8) is 0 Å². The third kappa shape index (κ3) is 5.46. The van der Waals surface area contributed by atoms with Gasteiger partial charge in [-0.2, -0.15) is 0 Å². The standard InChI is InChI=1S/C25H24N2O5/c1-30-18-14-12-17(13-15-18)16-21(25(29)26-20-9-5-7-11-23(20)32-3)27-24(28)19-8-4-6-10-22(19)31-2/h4-16H,1-3H3,(H,26,29)(H,27,28)/b21-16+. The Morgan fingerprint density at radius 1 is 0.750 bits per heavy atom. The molecule has 3 rings (SSSR count). The van der Waals surface area contributed by atoms with E-state index >= 15 is 0 Å². The molecule has 0 unspecified atom stereocenters. The zero-order valence-electron chi connectivity index (χ0n) is 18.0. The minimum Gasteiger partial charge on any atom is -0.497 e. The fraction of sp³-hybridized carbons (Fsp3) is 0.120. The Kier molecular flexibility index (Phi) is 7.48. The van der Waals surface area contributed by atoms with Crippen LogP contribution in [0.15, 0.2) is 78.5 Å². The van der Waals surface area contributed by atoms with Crippen LogP contribution in [0.1, 0.15) is 15.9 Å². The molecule has 0 aliphatic carbocycles. The number of anilines is 1. The number of hydrogen-bond donors (Lipinski definition) is 2. The van der Waals surface area contributed by atoms with E-state index in [1.165, 1.54) is 14.2 Å². The third-order valence-corrected chi connectivity index (χ3v) is 4.63. The second-order valence-electron chi connectivity index (χ2n) is 6.64. The van der Waals surface area contributed by atoms with Crippen LogP contribution in [-0.2, 0) is 4.79 Å². The highest BCUT2D eigenvalue weighted by Crippen LogP contribution is 2.24. The maximum atomic E-state index is 13.1. The SMILES string of the molecule is COc1ccc(/C=C(/NC(=O)c2ccccc2OC)C(=O)Nc2ccccc2OC)cc1. The summed E-state index contributed by atoms with van der Waals surface area (Å²) in [7, 11) is 4.57. The molecule has 0 atom stereocenters. The molecule has 164 valence electrons. The summed E-state index contributed by atoms with van der Waals surface area (Å²) in [5.74, 6) is 0.603. The van der Waals surface area contributed by atoms with Crippen molar-refractivity contribution in [2.45, 2.75) is 0 Å². The van der Waals surface area contributed by atoms with Crippen LogP contribution >= 0.6 is 0 Å². The summed E-state index contributed by atoms with van der Waals surface area (Å²) in [6.07, 6.45) is 1.58. The van der Waals surface area contributed by atoms with Crippen LogP contribution in [0, 0.1) is 0 Å². The molecule has 3 aromatic rings. The topological polar surface area (TPSA) is 85.9 Å². The third-order valence-electron chi connectivity index (χ3n) is 4.63. The van der Waals surface area contributed by atoms with Crippen molar-refractivity contribution in [3.8, 4) is 17.2 Å². The summed E-state index contributed by atoms with van der Waals surface area (Å²) in [5, 5.41) is 5.49. The number of carbonyl (C=O) groups is 2. The maximum absolute atomic E-state index is 13.1. The fourth-order valence-electron chi connectivity index (χ4n) is 2.98. The minimum absolute atomic E-state index is 0.0528. The molecular weight excluding hydrogens is 408 g/mol. The van der Waals surface area contributed by atoms with Crippen LogP contribution in [0.25, 0.3) is 6.08 Å². The zero-order valence-corrected chi connectivity index (χ0v) is 18.0. The number of amides is 2. The molecule has 0 fully saturated rings. The van der Waals surface area contributed by atoms with Crippen molar-refractivity contribution in [1.29, 1.82) is 0 Å². The number of nitrogens with one attached hydrogen (secondary N) is 2. The van der Waals surface area contributed by atoms with Gasteiger partial charge in [-0.3, -0.25) is 9.59 Å². The van der Waals surface area contributed by atoms with Gasteiger partial charge in [0, 0.05) is 0 Å². The lowest BCUT2D eigenvalue weighted by Gasteiger charge is -2.14. The Morgan fingerprint density at radius 2 is 1.38 bits per heavy atom. The van der Waals surface area contributed by atoms with Crippen molar-refractivity contribution >= 4 is 23.6 Å². The lowest BCUT2D eigenvalue weighted by Crippen LogP contribution is -2.31. The Hall–Kier alpha value is -4.26. The molecule has 7 heteroatoms. The second-order valence-corrected chi connectivity index (χ2v) is 6.64. The van der Waals surface area contributed by atoms with Crippen molar-refractivity contribution in [1.82, 2.24) is 5.32 Å². The number of methoxy groups -OCH3 is 3. The zero-order chi connectivity index (χ0) is 22.9.